The fraction of sp³-hybridized carbons (Fsp3) is 0.833. The van der Waals surface area contributed by atoms with Gasteiger partial charge in [-0.2, -0.15) is 22.0 Å². The summed E-state index contributed by atoms with van der Waals surface area (Å²) in [4.78, 5) is 10.0. The third kappa shape index (κ3) is 3.84. The lowest BCUT2D eigenvalue weighted by Gasteiger charge is -2.21. The van der Waals surface area contributed by atoms with Crippen molar-refractivity contribution < 1.29 is 35.9 Å². The van der Waals surface area contributed by atoms with E-state index in [1.807, 2.05) is 0 Å². The minimum absolute atomic E-state index is 0.719. The van der Waals surface area contributed by atoms with Crippen LogP contribution in [0, 0.1) is 0 Å². The van der Waals surface area contributed by atoms with Crippen LogP contribution in [0.25, 0.3) is 0 Å². The highest BCUT2D eigenvalue weighted by Crippen LogP contribution is 2.34. The minimum atomic E-state index is -5.68. The molecule has 0 fully saturated rings. The number of esters is 1. The van der Waals surface area contributed by atoms with Gasteiger partial charge in [0.25, 0.3) is 6.17 Å². The summed E-state index contributed by atoms with van der Waals surface area (Å²) < 4.78 is 74.7. The number of ether oxygens (including phenoxy) is 1. The van der Waals surface area contributed by atoms with E-state index in [1.54, 1.807) is 0 Å². The Morgan fingerprint density at radius 1 is 1.29 bits per heavy atom. The second-order valence-corrected chi connectivity index (χ2v) is 2.45. The molecule has 2 nitrogen and oxygen atoms in total. The van der Waals surface area contributed by atoms with Gasteiger partial charge in [-0.15, -0.1) is 0 Å². The molecule has 0 unspecified atom stereocenters. The molecule has 0 aromatic carbocycles. The first-order valence-corrected chi connectivity index (χ1v) is 3.29. The lowest BCUT2D eigenvalue weighted by atomic mass is 10.2. The van der Waals surface area contributed by atoms with Gasteiger partial charge in [0, 0.05) is 6.92 Å². The van der Waals surface area contributed by atoms with E-state index in [-0.39, 0.29) is 0 Å². The van der Waals surface area contributed by atoms with Gasteiger partial charge in [0.15, 0.2) is 6.61 Å². The maximum absolute atomic E-state index is 12.3. The SMILES string of the molecule is CC(=O)OCC(F)(F)[C@H](F)C(F)(F)F. The van der Waals surface area contributed by atoms with Crippen LogP contribution in [-0.2, 0) is 9.53 Å². The van der Waals surface area contributed by atoms with Crippen LogP contribution in [0.5, 0.6) is 0 Å². The lowest BCUT2D eigenvalue weighted by Crippen LogP contribution is -2.45. The molecule has 0 aromatic heterocycles. The van der Waals surface area contributed by atoms with Crippen LogP contribution in [0.4, 0.5) is 26.3 Å². The fourth-order valence-corrected chi connectivity index (χ4v) is 0.510. The van der Waals surface area contributed by atoms with E-state index in [2.05, 4.69) is 4.74 Å². The van der Waals surface area contributed by atoms with Crippen molar-refractivity contribution in [3.05, 3.63) is 0 Å². The van der Waals surface area contributed by atoms with Crippen LogP contribution >= 0.6 is 0 Å². The highest BCUT2D eigenvalue weighted by Gasteiger charge is 2.57. The maximum Gasteiger partial charge on any atom is 0.425 e. The molecule has 8 heteroatoms. The van der Waals surface area contributed by atoms with Crippen molar-refractivity contribution in [1.29, 1.82) is 0 Å². The van der Waals surface area contributed by atoms with Gasteiger partial charge in [0.2, 0.25) is 0 Å². The van der Waals surface area contributed by atoms with Crippen LogP contribution in [0.1, 0.15) is 6.92 Å². The monoisotopic (exact) mass is 224 g/mol. The Labute approximate surface area is 74.8 Å². The van der Waals surface area contributed by atoms with Gasteiger partial charge < -0.3 is 4.74 Å². The van der Waals surface area contributed by atoms with Crippen molar-refractivity contribution >= 4 is 5.97 Å². The molecule has 0 radical (unpaired) electrons. The Balaban J connectivity index is 4.38. The third-order valence-electron chi connectivity index (χ3n) is 1.13. The van der Waals surface area contributed by atoms with Crippen molar-refractivity contribution in [1.82, 2.24) is 0 Å². The topological polar surface area (TPSA) is 26.3 Å². The first kappa shape index (κ1) is 13.0. The Hall–Kier alpha value is -0.950. The van der Waals surface area contributed by atoms with Gasteiger partial charge in [-0.05, 0) is 0 Å². The van der Waals surface area contributed by atoms with E-state index in [0.29, 0.717) is 0 Å². The number of alkyl halides is 6. The Kier molecular flexibility index (Phi) is 3.78. The molecule has 0 saturated heterocycles. The van der Waals surface area contributed by atoms with Crippen LogP contribution in [0.2, 0.25) is 0 Å². The number of rotatable bonds is 3. The molecular weight excluding hydrogens is 218 g/mol. The zero-order valence-corrected chi connectivity index (χ0v) is 6.87. The molecular formula is C6H6F6O2. The highest BCUT2D eigenvalue weighted by molar-refractivity contribution is 5.65. The van der Waals surface area contributed by atoms with Crippen LogP contribution in [0.15, 0.2) is 0 Å². The maximum atomic E-state index is 12.3. The van der Waals surface area contributed by atoms with Gasteiger partial charge in [0.1, 0.15) is 0 Å². The second kappa shape index (κ2) is 4.05. The quantitative estimate of drug-likeness (QED) is 0.542. The van der Waals surface area contributed by atoms with E-state index in [9.17, 15) is 31.1 Å². The van der Waals surface area contributed by atoms with Gasteiger partial charge in [-0.25, -0.2) is 4.39 Å². The number of halogens is 6. The zero-order chi connectivity index (χ0) is 11.6. The molecule has 0 aromatic rings. The average Bonchev–Trinajstić information content (AvgIpc) is 1.98. The largest absolute Gasteiger partial charge is 0.459 e. The molecule has 0 amide bonds. The predicted octanol–water partition coefficient (Wildman–Crippen LogP) is 2.09. The summed E-state index contributed by atoms with van der Waals surface area (Å²) in [6.07, 6.45) is -10.0. The molecule has 0 bridgehead atoms. The minimum Gasteiger partial charge on any atom is -0.459 e. The van der Waals surface area contributed by atoms with E-state index < -0.39 is 30.8 Å². The first-order chi connectivity index (χ1) is 6.07. The third-order valence-corrected chi connectivity index (χ3v) is 1.13. The number of hydrogen-bond acceptors (Lipinski definition) is 2. The molecule has 1 atom stereocenters. The Morgan fingerprint density at radius 3 is 2.00 bits per heavy atom. The highest BCUT2D eigenvalue weighted by atomic mass is 19.4. The van der Waals surface area contributed by atoms with Gasteiger partial charge in [0.05, 0.1) is 0 Å². The molecule has 0 heterocycles. The molecule has 0 N–H and O–H groups in total. The van der Waals surface area contributed by atoms with Crippen molar-refractivity contribution in [3.63, 3.8) is 0 Å². The summed E-state index contributed by atoms with van der Waals surface area (Å²) in [5.41, 5.74) is 0. The Bertz CT molecular complexity index is 211. The summed E-state index contributed by atoms with van der Waals surface area (Å²) in [5, 5.41) is 0. The zero-order valence-electron chi connectivity index (χ0n) is 6.87. The van der Waals surface area contributed by atoms with Crippen molar-refractivity contribution in [2.24, 2.45) is 0 Å². The molecule has 0 aliphatic rings. The first-order valence-electron chi connectivity index (χ1n) is 3.29. The van der Waals surface area contributed by atoms with Gasteiger partial charge >= 0.3 is 18.1 Å². The van der Waals surface area contributed by atoms with Crippen LogP contribution in [-0.4, -0.2) is 30.8 Å². The van der Waals surface area contributed by atoms with E-state index in [1.165, 1.54) is 0 Å². The summed E-state index contributed by atoms with van der Waals surface area (Å²) >= 11 is 0. The summed E-state index contributed by atoms with van der Waals surface area (Å²) in [6, 6.07) is 0. The standard InChI is InChI=1S/C6H6F6O2/c1-3(13)14-2-5(8,9)4(7)6(10,11)12/h4H,2H2,1H3/t4-/m0/s1. The van der Waals surface area contributed by atoms with E-state index in [4.69, 9.17) is 0 Å². The Morgan fingerprint density at radius 2 is 1.71 bits per heavy atom. The number of carbonyl (C=O) groups excluding carboxylic acids is 1. The van der Waals surface area contributed by atoms with Gasteiger partial charge in [-0.3, -0.25) is 4.79 Å². The summed E-state index contributed by atoms with van der Waals surface area (Å²) in [5.74, 6) is -5.97. The molecule has 14 heavy (non-hydrogen) atoms. The summed E-state index contributed by atoms with van der Waals surface area (Å²) in [7, 11) is 0. The number of hydrogen-bond donors (Lipinski definition) is 0. The molecule has 84 valence electrons. The molecule has 0 aliphatic heterocycles. The summed E-state index contributed by atoms with van der Waals surface area (Å²) in [6.45, 7) is -1.21. The van der Waals surface area contributed by atoms with Crippen molar-refractivity contribution in [2.75, 3.05) is 6.61 Å². The van der Waals surface area contributed by atoms with E-state index >= 15 is 0 Å². The smallest absolute Gasteiger partial charge is 0.425 e. The molecule has 0 saturated carbocycles. The van der Waals surface area contributed by atoms with Crippen LogP contribution in [0.3, 0.4) is 0 Å². The fourth-order valence-electron chi connectivity index (χ4n) is 0.510. The van der Waals surface area contributed by atoms with Crippen molar-refractivity contribution in [3.8, 4) is 0 Å². The average molecular weight is 224 g/mol. The predicted molar refractivity (Wildman–Crippen MR) is 32.5 cm³/mol. The van der Waals surface area contributed by atoms with Crippen molar-refractivity contribution in [2.45, 2.75) is 25.2 Å². The van der Waals surface area contributed by atoms with E-state index in [0.717, 1.165) is 6.92 Å². The lowest BCUT2D eigenvalue weighted by molar-refractivity contribution is -0.254. The number of carbonyl (C=O) groups is 1. The molecule has 0 spiro atoms. The normalized spacial score (nSPS) is 15.1. The van der Waals surface area contributed by atoms with Crippen LogP contribution < -0.4 is 0 Å². The van der Waals surface area contributed by atoms with Gasteiger partial charge in [-0.1, -0.05) is 0 Å². The second-order valence-electron chi connectivity index (χ2n) is 2.45. The molecule has 0 rings (SSSR count). The molecule has 0 aliphatic carbocycles.